The molecule has 0 bridgehead atoms. The minimum atomic E-state index is -0.521. The second-order valence-corrected chi connectivity index (χ2v) is 9.29. The summed E-state index contributed by atoms with van der Waals surface area (Å²) in [6, 6.07) is 16.4. The molecule has 32 heavy (non-hydrogen) atoms. The number of carbonyl (C=O) groups excluding carboxylic acids is 2. The molecular weight excluding hydrogens is 444 g/mol. The van der Waals surface area contributed by atoms with Gasteiger partial charge in [0.15, 0.2) is 5.16 Å². The molecule has 2 aromatic carbocycles. The van der Waals surface area contributed by atoms with E-state index in [1.165, 1.54) is 11.8 Å². The molecule has 0 aliphatic carbocycles. The van der Waals surface area contributed by atoms with Crippen molar-refractivity contribution in [3.05, 3.63) is 81.8 Å². The van der Waals surface area contributed by atoms with Crippen molar-refractivity contribution in [2.45, 2.75) is 29.4 Å². The smallest absolute Gasteiger partial charge is 0.268 e. The monoisotopic (exact) mass is 466 g/mol. The summed E-state index contributed by atoms with van der Waals surface area (Å²) in [7, 11) is 0. The van der Waals surface area contributed by atoms with Crippen LogP contribution in [-0.4, -0.2) is 32.9 Å². The molecule has 2 heterocycles. The normalized spacial score (nSPS) is 12.4. The number of thioether (sulfide) groups is 2. The fraction of sp³-hybridized carbons (Fsp3) is 0.217. The zero-order valence-corrected chi connectivity index (χ0v) is 18.9. The summed E-state index contributed by atoms with van der Waals surface area (Å²) in [5.41, 5.74) is 8.11. The lowest BCUT2D eigenvalue weighted by Crippen LogP contribution is -2.27. The van der Waals surface area contributed by atoms with E-state index in [9.17, 15) is 14.4 Å². The number of aryl methyl sites for hydroxylation is 2. The van der Waals surface area contributed by atoms with E-state index in [4.69, 9.17) is 10.7 Å². The highest BCUT2D eigenvalue weighted by Crippen LogP contribution is 2.29. The number of amides is 2. The van der Waals surface area contributed by atoms with E-state index in [1.54, 1.807) is 40.6 Å². The van der Waals surface area contributed by atoms with Crippen molar-refractivity contribution in [3.8, 4) is 0 Å². The summed E-state index contributed by atoms with van der Waals surface area (Å²) in [6.45, 7) is 0.502. The average molecular weight is 467 g/mol. The SMILES string of the molecule is NC(=O)c1ccc(NC(=O)CSc2nc3c(c(=O)n2CCc2ccccc2)SCC3)cc1. The van der Waals surface area contributed by atoms with Crippen molar-refractivity contribution in [2.75, 3.05) is 16.8 Å². The first-order valence-electron chi connectivity index (χ1n) is 10.1. The second kappa shape index (κ2) is 10.1. The summed E-state index contributed by atoms with van der Waals surface area (Å²) in [5.74, 6) is 0.223. The van der Waals surface area contributed by atoms with Crippen LogP contribution in [0.1, 0.15) is 21.6 Å². The Kier molecular flexibility index (Phi) is 6.96. The van der Waals surface area contributed by atoms with E-state index >= 15 is 0 Å². The van der Waals surface area contributed by atoms with Crippen LogP contribution in [0, 0.1) is 0 Å². The van der Waals surface area contributed by atoms with Gasteiger partial charge in [-0.05, 0) is 36.2 Å². The number of anilines is 1. The van der Waals surface area contributed by atoms with Crippen LogP contribution < -0.4 is 16.6 Å². The number of nitrogens with zero attached hydrogens (tertiary/aromatic N) is 2. The number of hydrogen-bond donors (Lipinski definition) is 2. The van der Waals surface area contributed by atoms with Crippen LogP contribution in [0.15, 0.2) is 69.4 Å². The van der Waals surface area contributed by atoms with Crippen molar-refractivity contribution in [1.29, 1.82) is 0 Å². The molecule has 1 aliphatic rings. The number of nitrogens with one attached hydrogen (secondary N) is 1. The Morgan fingerprint density at radius 1 is 1.12 bits per heavy atom. The van der Waals surface area contributed by atoms with Gasteiger partial charge in [0.05, 0.1) is 16.3 Å². The Balaban J connectivity index is 1.47. The maximum atomic E-state index is 13.1. The largest absolute Gasteiger partial charge is 0.366 e. The van der Waals surface area contributed by atoms with Crippen LogP contribution in [0.4, 0.5) is 5.69 Å². The van der Waals surface area contributed by atoms with E-state index in [0.29, 0.717) is 29.4 Å². The first kappa shape index (κ1) is 22.2. The lowest BCUT2D eigenvalue weighted by molar-refractivity contribution is -0.113. The van der Waals surface area contributed by atoms with Crippen molar-refractivity contribution < 1.29 is 9.59 Å². The molecule has 1 aliphatic heterocycles. The molecule has 0 radical (unpaired) electrons. The van der Waals surface area contributed by atoms with Crippen molar-refractivity contribution in [2.24, 2.45) is 5.73 Å². The number of nitrogens with two attached hydrogens (primary N) is 1. The quantitative estimate of drug-likeness (QED) is 0.390. The van der Waals surface area contributed by atoms with Crippen molar-refractivity contribution in [3.63, 3.8) is 0 Å². The highest BCUT2D eigenvalue weighted by molar-refractivity contribution is 8.00. The number of primary amides is 1. The zero-order chi connectivity index (χ0) is 22.5. The Labute approximate surface area is 193 Å². The number of benzene rings is 2. The predicted molar refractivity (Wildman–Crippen MR) is 127 cm³/mol. The lowest BCUT2D eigenvalue weighted by atomic mass is 10.1. The van der Waals surface area contributed by atoms with E-state index < -0.39 is 5.91 Å². The Hall–Kier alpha value is -3.04. The molecule has 0 spiro atoms. The third kappa shape index (κ3) is 5.23. The minimum Gasteiger partial charge on any atom is -0.366 e. The lowest BCUT2D eigenvalue weighted by Gasteiger charge is -2.14. The van der Waals surface area contributed by atoms with Crippen molar-refractivity contribution in [1.82, 2.24) is 9.55 Å². The summed E-state index contributed by atoms with van der Waals surface area (Å²) >= 11 is 2.81. The van der Waals surface area contributed by atoms with Gasteiger partial charge in [-0.2, -0.15) is 0 Å². The Bertz CT molecular complexity index is 1190. The molecule has 3 N–H and O–H groups in total. The van der Waals surface area contributed by atoms with Gasteiger partial charge < -0.3 is 11.1 Å². The van der Waals surface area contributed by atoms with E-state index in [2.05, 4.69) is 5.32 Å². The zero-order valence-electron chi connectivity index (χ0n) is 17.2. The number of fused-ring (bicyclic) bond motifs is 1. The Morgan fingerprint density at radius 2 is 1.88 bits per heavy atom. The first-order valence-corrected chi connectivity index (χ1v) is 12.1. The molecule has 7 nitrogen and oxygen atoms in total. The molecule has 4 rings (SSSR count). The van der Waals surface area contributed by atoms with Crippen molar-refractivity contribution >= 4 is 41.0 Å². The van der Waals surface area contributed by atoms with Crippen LogP contribution in [0.5, 0.6) is 0 Å². The number of hydrogen-bond acceptors (Lipinski definition) is 6. The van der Waals surface area contributed by atoms with Gasteiger partial charge in [-0.15, -0.1) is 11.8 Å². The van der Waals surface area contributed by atoms with Gasteiger partial charge in [-0.1, -0.05) is 42.1 Å². The van der Waals surface area contributed by atoms with E-state index in [0.717, 1.165) is 28.3 Å². The maximum absolute atomic E-state index is 13.1. The topological polar surface area (TPSA) is 107 Å². The van der Waals surface area contributed by atoms with Gasteiger partial charge in [0.1, 0.15) is 0 Å². The van der Waals surface area contributed by atoms with Gasteiger partial charge in [0.25, 0.3) is 5.56 Å². The molecule has 3 aromatic rings. The van der Waals surface area contributed by atoms with Crippen LogP contribution in [0.25, 0.3) is 0 Å². The highest BCUT2D eigenvalue weighted by Gasteiger charge is 2.22. The maximum Gasteiger partial charge on any atom is 0.268 e. The molecule has 0 saturated carbocycles. The van der Waals surface area contributed by atoms with Crippen LogP contribution >= 0.6 is 23.5 Å². The molecule has 9 heteroatoms. The molecule has 2 amide bonds. The molecule has 0 atom stereocenters. The van der Waals surface area contributed by atoms with Gasteiger partial charge in [0.2, 0.25) is 11.8 Å². The third-order valence-electron chi connectivity index (χ3n) is 5.00. The molecule has 0 unspecified atom stereocenters. The summed E-state index contributed by atoms with van der Waals surface area (Å²) in [5, 5.41) is 3.35. The van der Waals surface area contributed by atoms with Crippen LogP contribution in [-0.2, 0) is 24.2 Å². The van der Waals surface area contributed by atoms with Gasteiger partial charge in [-0.25, -0.2) is 4.98 Å². The number of carbonyl (C=O) groups is 2. The fourth-order valence-corrected chi connectivity index (χ4v) is 5.25. The molecule has 1 aromatic heterocycles. The standard InChI is InChI=1S/C23H22N4O3S2/c24-21(29)16-6-8-17(9-7-16)25-19(28)14-32-23-26-18-11-13-31-20(18)22(30)27(23)12-10-15-4-2-1-3-5-15/h1-9H,10-14H2,(H2,24,29)(H,25,28). The second-order valence-electron chi connectivity index (χ2n) is 7.24. The summed E-state index contributed by atoms with van der Waals surface area (Å²) < 4.78 is 1.68. The molecule has 164 valence electrons. The van der Waals surface area contributed by atoms with Gasteiger partial charge in [0, 0.05) is 30.0 Å². The molecule has 0 fully saturated rings. The fourth-order valence-electron chi connectivity index (χ4n) is 3.36. The highest BCUT2D eigenvalue weighted by atomic mass is 32.2. The van der Waals surface area contributed by atoms with E-state index in [-0.39, 0.29) is 17.2 Å². The predicted octanol–water partition coefficient (Wildman–Crippen LogP) is 2.96. The molecule has 0 saturated heterocycles. The minimum absolute atomic E-state index is 0.0293. The van der Waals surface area contributed by atoms with Gasteiger partial charge >= 0.3 is 0 Å². The summed E-state index contributed by atoms with van der Waals surface area (Å²) in [4.78, 5) is 42.2. The third-order valence-corrected chi connectivity index (χ3v) is 7.08. The summed E-state index contributed by atoms with van der Waals surface area (Å²) in [6.07, 6.45) is 1.47. The Morgan fingerprint density at radius 3 is 2.59 bits per heavy atom. The molecular formula is C23H22N4O3S2. The first-order chi connectivity index (χ1) is 15.5. The average Bonchev–Trinajstić information content (AvgIpc) is 3.27. The number of rotatable bonds is 8. The van der Waals surface area contributed by atoms with Crippen LogP contribution in [0.2, 0.25) is 0 Å². The van der Waals surface area contributed by atoms with Gasteiger partial charge in [-0.3, -0.25) is 19.0 Å². The van der Waals surface area contributed by atoms with Crippen LogP contribution in [0.3, 0.4) is 0 Å². The van der Waals surface area contributed by atoms with E-state index in [1.807, 2.05) is 30.3 Å². The number of aromatic nitrogens is 2.